The molecule has 0 heterocycles. The molecule has 2 heteroatoms. The Morgan fingerprint density at radius 3 is 2.27 bits per heavy atom. The van der Waals surface area contributed by atoms with Crippen molar-refractivity contribution in [1.29, 1.82) is 0 Å². The SMILES string of the molecule is CCN(c1ccccc1[C@H](C)N)C(C)C. The van der Waals surface area contributed by atoms with Crippen LogP contribution in [0.2, 0.25) is 0 Å². The van der Waals surface area contributed by atoms with E-state index in [-0.39, 0.29) is 6.04 Å². The Labute approximate surface area is 93.1 Å². The zero-order valence-corrected chi connectivity index (χ0v) is 10.2. The lowest BCUT2D eigenvalue weighted by Crippen LogP contribution is -2.31. The van der Waals surface area contributed by atoms with Crippen LogP contribution in [0.4, 0.5) is 5.69 Å². The lowest BCUT2D eigenvalue weighted by atomic mass is 10.0. The van der Waals surface area contributed by atoms with Crippen molar-refractivity contribution < 1.29 is 0 Å². The predicted molar refractivity (Wildman–Crippen MR) is 67.2 cm³/mol. The molecule has 0 radical (unpaired) electrons. The minimum absolute atomic E-state index is 0.0917. The van der Waals surface area contributed by atoms with Gasteiger partial charge in [-0.15, -0.1) is 0 Å². The Hall–Kier alpha value is -1.02. The lowest BCUT2D eigenvalue weighted by molar-refractivity contribution is 0.691. The molecular formula is C13H22N2. The molecule has 2 nitrogen and oxygen atoms in total. The number of para-hydroxylation sites is 1. The van der Waals surface area contributed by atoms with Crippen LogP contribution in [0.1, 0.15) is 39.3 Å². The van der Waals surface area contributed by atoms with Crippen LogP contribution in [0, 0.1) is 0 Å². The summed E-state index contributed by atoms with van der Waals surface area (Å²) in [7, 11) is 0. The summed E-state index contributed by atoms with van der Waals surface area (Å²) in [6.45, 7) is 9.65. The molecule has 84 valence electrons. The zero-order valence-electron chi connectivity index (χ0n) is 10.2. The molecule has 0 aliphatic carbocycles. The van der Waals surface area contributed by atoms with Gasteiger partial charge in [-0.1, -0.05) is 18.2 Å². The molecule has 1 aromatic rings. The van der Waals surface area contributed by atoms with Crippen molar-refractivity contribution in [3.05, 3.63) is 29.8 Å². The van der Waals surface area contributed by atoms with Crippen LogP contribution < -0.4 is 10.6 Å². The Kier molecular flexibility index (Phi) is 4.15. The summed E-state index contributed by atoms with van der Waals surface area (Å²) < 4.78 is 0. The summed E-state index contributed by atoms with van der Waals surface area (Å²) in [5, 5.41) is 0. The molecule has 15 heavy (non-hydrogen) atoms. The smallest absolute Gasteiger partial charge is 0.0416 e. The van der Waals surface area contributed by atoms with Gasteiger partial charge >= 0.3 is 0 Å². The van der Waals surface area contributed by atoms with E-state index in [4.69, 9.17) is 5.73 Å². The summed E-state index contributed by atoms with van der Waals surface area (Å²) >= 11 is 0. The number of hydrogen-bond acceptors (Lipinski definition) is 2. The number of rotatable bonds is 4. The third-order valence-corrected chi connectivity index (χ3v) is 2.70. The zero-order chi connectivity index (χ0) is 11.4. The van der Waals surface area contributed by atoms with Crippen LogP contribution in [0.15, 0.2) is 24.3 Å². The molecule has 0 spiro atoms. The van der Waals surface area contributed by atoms with E-state index in [1.807, 2.05) is 6.92 Å². The van der Waals surface area contributed by atoms with Crippen molar-refractivity contribution in [3.8, 4) is 0 Å². The number of nitrogens with zero attached hydrogens (tertiary/aromatic N) is 1. The third kappa shape index (κ3) is 2.72. The largest absolute Gasteiger partial charge is 0.369 e. The first-order valence-corrected chi connectivity index (χ1v) is 5.69. The molecular weight excluding hydrogens is 184 g/mol. The molecule has 0 unspecified atom stereocenters. The van der Waals surface area contributed by atoms with E-state index in [2.05, 4.69) is 49.9 Å². The molecule has 0 amide bonds. The molecule has 0 fully saturated rings. The average molecular weight is 206 g/mol. The summed E-state index contributed by atoms with van der Waals surface area (Å²) in [6, 6.07) is 9.00. The first-order valence-electron chi connectivity index (χ1n) is 5.69. The first kappa shape index (κ1) is 12.1. The summed E-state index contributed by atoms with van der Waals surface area (Å²) in [4.78, 5) is 2.37. The monoisotopic (exact) mass is 206 g/mol. The standard InChI is InChI=1S/C13H22N2/c1-5-15(10(2)3)13-9-7-6-8-12(13)11(4)14/h6-11H,5,14H2,1-4H3/t11-/m0/s1. The van der Waals surface area contributed by atoms with Crippen molar-refractivity contribution in [2.24, 2.45) is 5.73 Å². The predicted octanol–water partition coefficient (Wildman–Crippen LogP) is 2.94. The number of anilines is 1. The highest BCUT2D eigenvalue weighted by molar-refractivity contribution is 5.55. The summed E-state index contributed by atoms with van der Waals surface area (Å²) in [5.41, 5.74) is 8.48. The molecule has 1 aromatic carbocycles. The van der Waals surface area contributed by atoms with Gasteiger partial charge in [0.25, 0.3) is 0 Å². The van der Waals surface area contributed by atoms with Gasteiger partial charge in [0, 0.05) is 24.3 Å². The van der Waals surface area contributed by atoms with Crippen molar-refractivity contribution >= 4 is 5.69 Å². The molecule has 0 aliphatic rings. The molecule has 0 aromatic heterocycles. The van der Waals surface area contributed by atoms with Gasteiger partial charge in [0.05, 0.1) is 0 Å². The van der Waals surface area contributed by atoms with E-state index in [9.17, 15) is 0 Å². The molecule has 0 saturated carbocycles. The highest BCUT2D eigenvalue weighted by Gasteiger charge is 2.13. The van der Waals surface area contributed by atoms with Crippen LogP contribution in [-0.4, -0.2) is 12.6 Å². The van der Waals surface area contributed by atoms with Crippen molar-refractivity contribution in [3.63, 3.8) is 0 Å². The maximum absolute atomic E-state index is 5.98. The molecule has 1 atom stereocenters. The van der Waals surface area contributed by atoms with E-state index in [0.717, 1.165) is 6.54 Å². The maximum Gasteiger partial charge on any atom is 0.0416 e. The van der Waals surface area contributed by atoms with Gasteiger partial charge in [0.15, 0.2) is 0 Å². The second-order valence-electron chi connectivity index (χ2n) is 4.23. The fourth-order valence-corrected chi connectivity index (χ4v) is 1.95. The number of benzene rings is 1. The quantitative estimate of drug-likeness (QED) is 0.820. The van der Waals surface area contributed by atoms with Crippen LogP contribution in [-0.2, 0) is 0 Å². The summed E-state index contributed by atoms with van der Waals surface area (Å²) in [5.74, 6) is 0. The molecule has 0 aliphatic heterocycles. The van der Waals surface area contributed by atoms with E-state index < -0.39 is 0 Å². The Morgan fingerprint density at radius 1 is 1.20 bits per heavy atom. The van der Waals surface area contributed by atoms with Gasteiger partial charge in [-0.3, -0.25) is 0 Å². The average Bonchev–Trinajstić information content (AvgIpc) is 2.18. The van der Waals surface area contributed by atoms with E-state index in [1.165, 1.54) is 11.3 Å². The molecule has 1 rings (SSSR count). The topological polar surface area (TPSA) is 29.3 Å². The fraction of sp³-hybridized carbons (Fsp3) is 0.538. The fourth-order valence-electron chi connectivity index (χ4n) is 1.95. The van der Waals surface area contributed by atoms with Gasteiger partial charge in [-0.05, 0) is 39.3 Å². The van der Waals surface area contributed by atoms with E-state index in [1.54, 1.807) is 0 Å². The molecule has 0 saturated heterocycles. The number of hydrogen-bond donors (Lipinski definition) is 1. The van der Waals surface area contributed by atoms with Crippen LogP contribution in [0.3, 0.4) is 0 Å². The Bertz CT molecular complexity index is 305. The second-order valence-corrected chi connectivity index (χ2v) is 4.23. The second kappa shape index (κ2) is 5.17. The van der Waals surface area contributed by atoms with Crippen LogP contribution in [0.25, 0.3) is 0 Å². The van der Waals surface area contributed by atoms with Crippen LogP contribution >= 0.6 is 0 Å². The highest BCUT2D eigenvalue weighted by Crippen LogP contribution is 2.26. The maximum atomic E-state index is 5.98. The van der Waals surface area contributed by atoms with Gasteiger partial charge in [-0.25, -0.2) is 0 Å². The van der Waals surface area contributed by atoms with Crippen molar-refractivity contribution in [2.45, 2.75) is 39.8 Å². The highest BCUT2D eigenvalue weighted by atomic mass is 15.1. The van der Waals surface area contributed by atoms with Gasteiger partial charge in [-0.2, -0.15) is 0 Å². The minimum Gasteiger partial charge on any atom is -0.369 e. The van der Waals surface area contributed by atoms with Gasteiger partial charge in [0.2, 0.25) is 0 Å². The molecule has 0 bridgehead atoms. The van der Waals surface area contributed by atoms with Crippen molar-refractivity contribution in [1.82, 2.24) is 0 Å². The normalized spacial score (nSPS) is 12.9. The Morgan fingerprint density at radius 2 is 1.80 bits per heavy atom. The molecule has 2 N–H and O–H groups in total. The van der Waals surface area contributed by atoms with Crippen LogP contribution in [0.5, 0.6) is 0 Å². The first-order chi connectivity index (χ1) is 7.07. The van der Waals surface area contributed by atoms with Crippen molar-refractivity contribution in [2.75, 3.05) is 11.4 Å². The van der Waals surface area contributed by atoms with Gasteiger partial charge in [0.1, 0.15) is 0 Å². The summed E-state index contributed by atoms with van der Waals surface area (Å²) in [6.07, 6.45) is 0. The number of nitrogens with two attached hydrogens (primary N) is 1. The Balaban J connectivity index is 3.11. The third-order valence-electron chi connectivity index (χ3n) is 2.70. The van der Waals surface area contributed by atoms with E-state index >= 15 is 0 Å². The lowest BCUT2D eigenvalue weighted by Gasteiger charge is -2.30. The minimum atomic E-state index is 0.0917. The van der Waals surface area contributed by atoms with Gasteiger partial charge < -0.3 is 10.6 Å². The van der Waals surface area contributed by atoms with E-state index in [0.29, 0.717) is 6.04 Å².